The Balaban J connectivity index is 1.87. The Kier molecular flexibility index (Phi) is 3.61. The van der Waals surface area contributed by atoms with Gasteiger partial charge in [0.2, 0.25) is 10.0 Å². The highest BCUT2D eigenvalue weighted by molar-refractivity contribution is 7.89. The molecule has 0 radical (unpaired) electrons. The Hall–Kier alpha value is -0.870. The zero-order valence-corrected chi connectivity index (χ0v) is 10.0. The van der Waals surface area contributed by atoms with E-state index in [1.165, 1.54) is 19.3 Å². The summed E-state index contributed by atoms with van der Waals surface area (Å²) in [5.74, 6) is 0.735. The fourth-order valence-corrected chi connectivity index (χ4v) is 2.93. The molecule has 16 heavy (non-hydrogen) atoms. The van der Waals surface area contributed by atoms with Gasteiger partial charge in [-0.3, -0.25) is 0 Å². The molecule has 1 fully saturated rings. The Morgan fingerprint density at radius 1 is 1.19 bits per heavy atom. The first-order valence-corrected chi connectivity index (χ1v) is 7.21. The van der Waals surface area contributed by atoms with Crippen molar-refractivity contribution in [3.63, 3.8) is 0 Å². The van der Waals surface area contributed by atoms with E-state index in [1.807, 2.05) is 6.07 Å². The predicted molar refractivity (Wildman–Crippen MR) is 63.6 cm³/mol. The highest BCUT2D eigenvalue weighted by atomic mass is 32.2. The highest BCUT2D eigenvalue weighted by Gasteiger charge is 2.18. The van der Waals surface area contributed by atoms with Crippen molar-refractivity contribution >= 4 is 10.0 Å². The Labute approximate surface area is 96.9 Å². The van der Waals surface area contributed by atoms with Gasteiger partial charge in [0, 0.05) is 6.54 Å². The van der Waals surface area contributed by atoms with Crippen LogP contribution in [0.5, 0.6) is 0 Å². The van der Waals surface area contributed by atoms with Crippen molar-refractivity contribution < 1.29 is 8.42 Å². The van der Waals surface area contributed by atoms with Gasteiger partial charge in [-0.15, -0.1) is 0 Å². The van der Waals surface area contributed by atoms with Crippen LogP contribution in [0.3, 0.4) is 0 Å². The van der Waals surface area contributed by atoms with E-state index in [9.17, 15) is 8.42 Å². The lowest BCUT2D eigenvalue weighted by Crippen LogP contribution is -2.27. The van der Waals surface area contributed by atoms with Crippen LogP contribution in [0.15, 0.2) is 35.2 Å². The smallest absolute Gasteiger partial charge is 0.211 e. The monoisotopic (exact) mass is 239 g/mol. The van der Waals surface area contributed by atoms with E-state index in [0.29, 0.717) is 11.4 Å². The molecule has 1 aromatic carbocycles. The maximum Gasteiger partial charge on any atom is 0.240 e. The maximum absolute atomic E-state index is 11.8. The fourth-order valence-electron chi connectivity index (χ4n) is 1.86. The summed E-state index contributed by atoms with van der Waals surface area (Å²) in [7, 11) is -3.29. The molecule has 0 aromatic heterocycles. The first-order valence-electron chi connectivity index (χ1n) is 5.73. The lowest BCUT2D eigenvalue weighted by atomic mass is 9.83. The Bertz CT molecular complexity index is 424. The van der Waals surface area contributed by atoms with Gasteiger partial charge in [-0.05, 0) is 24.5 Å². The molecule has 0 heterocycles. The third-order valence-electron chi connectivity index (χ3n) is 3.12. The van der Waals surface area contributed by atoms with E-state index in [2.05, 4.69) is 4.72 Å². The van der Waals surface area contributed by atoms with Crippen molar-refractivity contribution in [3.8, 4) is 0 Å². The molecule has 0 unspecified atom stereocenters. The van der Waals surface area contributed by atoms with E-state index in [1.54, 1.807) is 24.3 Å². The average Bonchev–Trinajstić information content (AvgIpc) is 2.23. The molecular formula is C12H17NO2S. The van der Waals surface area contributed by atoms with Crippen molar-refractivity contribution in [3.05, 3.63) is 30.3 Å². The second-order valence-electron chi connectivity index (χ2n) is 4.30. The van der Waals surface area contributed by atoms with E-state index < -0.39 is 10.0 Å². The van der Waals surface area contributed by atoms with Crippen molar-refractivity contribution in [2.24, 2.45) is 5.92 Å². The second-order valence-corrected chi connectivity index (χ2v) is 6.06. The van der Waals surface area contributed by atoms with Gasteiger partial charge in [-0.2, -0.15) is 0 Å². The third kappa shape index (κ3) is 2.83. The van der Waals surface area contributed by atoms with Gasteiger partial charge < -0.3 is 0 Å². The molecule has 2 rings (SSSR count). The molecule has 0 atom stereocenters. The highest BCUT2D eigenvalue weighted by Crippen LogP contribution is 2.28. The van der Waals surface area contributed by atoms with Gasteiger partial charge in [-0.25, -0.2) is 13.1 Å². The molecule has 0 bridgehead atoms. The lowest BCUT2D eigenvalue weighted by Gasteiger charge is -2.25. The van der Waals surface area contributed by atoms with Crippen molar-refractivity contribution in [2.75, 3.05) is 6.54 Å². The van der Waals surface area contributed by atoms with Gasteiger partial charge in [0.05, 0.1) is 4.90 Å². The molecule has 0 aliphatic heterocycles. The van der Waals surface area contributed by atoms with Crippen LogP contribution < -0.4 is 4.72 Å². The standard InChI is InChI=1S/C12H17NO2S/c14-16(15,12-7-2-1-3-8-12)13-10-9-11-5-4-6-11/h1-3,7-8,11,13H,4-6,9-10H2. The third-order valence-corrected chi connectivity index (χ3v) is 4.60. The Morgan fingerprint density at radius 2 is 1.88 bits per heavy atom. The molecule has 3 nitrogen and oxygen atoms in total. The van der Waals surface area contributed by atoms with Crippen LogP contribution in [0.4, 0.5) is 0 Å². The number of benzene rings is 1. The summed E-state index contributed by atoms with van der Waals surface area (Å²) in [5.41, 5.74) is 0. The van der Waals surface area contributed by atoms with Crippen LogP contribution in [0.25, 0.3) is 0 Å². The number of hydrogen-bond donors (Lipinski definition) is 1. The quantitative estimate of drug-likeness (QED) is 0.855. The molecule has 0 spiro atoms. The van der Waals surface area contributed by atoms with Crippen molar-refractivity contribution in [1.82, 2.24) is 4.72 Å². The molecule has 4 heteroatoms. The number of sulfonamides is 1. The van der Waals surface area contributed by atoms with Gasteiger partial charge in [-0.1, -0.05) is 37.5 Å². The predicted octanol–water partition coefficient (Wildman–Crippen LogP) is 2.16. The minimum absolute atomic E-state index is 0.351. The van der Waals surface area contributed by atoms with Crippen LogP contribution in [-0.4, -0.2) is 15.0 Å². The van der Waals surface area contributed by atoms with Gasteiger partial charge >= 0.3 is 0 Å². The topological polar surface area (TPSA) is 46.2 Å². The molecule has 1 aliphatic rings. The summed E-state index contributed by atoms with van der Waals surface area (Å²) in [4.78, 5) is 0.351. The van der Waals surface area contributed by atoms with E-state index in [0.717, 1.165) is 12.3 Å². The van der Waals surface area contributed by atoms with Crippen LogP contribution >= 0.6 is 0 Å². The minimum atomic E-state index is -3.29. The summed E-state index contributed by atoms with van der Waals surface area (Å²) >= 11 is 0. The van der Waals surface area contributed by atoms with Crippen LogP contribution in [-0.2, 0) is 10.0 Å². The molecule has 88 valence electrons. The first-order chi connectivity index (χ1) is 7.68. The maximum atomic E-state index is 11.8. The zero-order chi connectivity index (χ0) is 11.4. The van der Waals surface area contributed by atoms with E-state index in [4.69, 9.17) is 0 Å². The molecular weight excluding hydrogens is 222 g/mol. The van der Waals surface area contributed by atoms with Crippen LogP contribution in [0.2, 0.25) is 0 Å². The number of rotatable bonds is 5. The summed E-state index contributed by atoms with van der Waals surface area (Å²) in [6.07, 6.45) is 4.78. The number of nitrogens with one attached hydrogen (secondary N) is 1. The molecule has 0 saturated heterocycles. The summed E-state index contributed by atoms with van der Waals surface area (Å²) < 4.78 is 26.3. The molecule has 1 aromatic rings. The van der Waals surface area contributed by atoms with Gasteiger partial charge in [0.15, 0.2) is 0 Å². The number of hydrogen-bond acceptors (Lipinski definition) is 2. The SMILES string of the molecule is O=S(=O)(NCCC1CCC1)c1ccccc1. The Morgan fingerprint density at radius 3 is 2.44 bits per heavy atom. The molecule has 0 amide bonds. The van der Waals surface area contributed by atoms with Crippen LogP contribution in [0, 0.1) is 5.92 Å². The minimum Gasteiger partial charge on any atom is -0.211 e. The van der Waals surface area contributed by atoms with Gasteiger partial charge in [0.1, 0.15) is 0 Å². The van der Waals surface area contributed by atoms with Gasteiger partial charge in [0.25, 0.3) is 0 Å². The lowest BCUT2D eigenvalue weighted by molar-refractivity contribution is 0.297. The van der Waals surface area contributed by atoms with Crippen molar-refractivity contribution in [2.45, 2.75) is 30.6 Å². The summed E-state index contributed by atoms with van der Waals surface area (Å²) in [5, 5.41) is 0. The summed E-state index contributed by atoms with van der Waals surface area (Å²) in [6.45, 7) is 0.557. The first kappa shape index (κ1) is 11.6. The average molecular weight is 239 g/mol. The molecule has 1 saturated carbocycles. The van der Waals surface area contributed by atoms with E-state index in [-0.39, 0.29) is 0 Å². The largest absolute Gasteiger partial charge is 0.240 e. The van der Waals surface area contributed by atoms with Crippen molar-refractivity contribution in [1.29, 1.82) is 0 Å². The summed E-state index contributed by atoms with van der Waals surface area (Å²) in [6, 6.07) is 8.52. The second kappa shape index (κ2) is 4.97. The fraction of sp³-hybridized carbons (Fsp3) is 0.500. The normalized spacial score (nSPS) is 17.0. The van der Waals surface area contributed by atoms with E-state index >= 15 is 0 Å². The van der Waals surface area contributed by atoms with Crippen LogP contribution in [0.1, 0.15) is 25.7 Å². The molecule has 1 aliphatic carbocycles. The molecule has 1 N–H and O–H groups in total. The zero-order valence-electron chi connectivity index (χ0n) is 9.22.